The van der Waals surface area contributed by atoms with Crippen LogP contribution in [0.25, 0.3) is 0 Å². The Morgan fingerprint density at radius 3 is 2.17 bits per heavy atom. The van der Waals surface area contributed by atoms with Crippen LogP contribution in [0.2, 0.25) is 5.02 Å². The third kappa shape index (κ3) is 3.27. The van der Waals surface area contributed by atoms with Crippen LogP contribution >= 0.6 is 27.5 Å². The van der Waals surface area contributed by atoms with Crippen molar-refractivity contribution in [2.24, 2.45) is 0 Å². The van der Waals surface area contributed by atoms with Gasteiger partial charge in [-0.25, -0.2) is 0 Å². The molecule has 0 aliphatic heterocycles. The van der Waals surface area contributed by atoms with Crippen LogP contribution in [0.4, 0.5) is 0 Å². The minimum Gasteiger partial charge on any atom is -0.488 e. The molecule has 0 aliphatic carbocycles. The first-order valence-electron chi connectivity index (χ1n) is 5.70. The second kappa shape index (κ2) is 5.77. The molecule has 0 fully saturated rings. The standard InChI is InChI=1S/C15H14BrClO/c1-10-7-14(17)8-11(2)15(10)18-9-12-3-5-13(16)6-4-12/h3-8H,9H2,1-2H3. The lowest BCUT2D eigenvalue weighted by molar-refractivity contribution is 0.302. The summed E-state index contributed by atoms with van der Waals surface area (Å²) in [4.78, 5) is 0. The first-order valence-corrected chi connectivity index (χ1v) is 6.87. The van der Waals surface area contributed by atoms with Gasteiger partial charge in [0, 0.05) is 9.50 Å². The van der Waals surface area contributed by atoms with Crippen LogP contribution in [-0.4, -0.2) is 0 Å². The van der Waals surface area contributed by atoms with Crippen LogP contribution in [0.15, 0.2) is 40.9 Å². The van der Waals surface area contributed by atoms with Gasteiger partial charge in [0.05, 0.1) is 0 Å². The molecule has 94 valence electrons. The Hall–Kier alpha value is -0.990. The lowest BCUT2D eigenvalue weighted by Crippen LogP contribution is -1.98. The summed E-state index contributed by atoms with van der Waals surface area (Å²) in [7, 11) is 0. The van der Waals surface area contributed by atoms with Crippen LogP contribution < -0.4 is 4.74 Å². The van der Waals surface area contributed by atoms with E-state index < -0.39 is 0 Å². The summed E-state index contributed by atoms with van der Waals surface area (Å²) in [5.41, 5.74) is 3.28. The van der Waals surface area contributed by atoms with Crippen LogP contribution in [0, 0.1) is 13.8 Å². The minimum absolute atomic E-state index is 0.566. The first kappa shape index (κ1) is 13.4. The van der Waals surface area contributed by atoms with Crippen molar-refractivity contribution < 1.29 is 4.74 Å². The van der Waals surface area contributed by atoms with Gasteiger partial charge in [-0.1, -0.05) is 39.7 Å². The summed E-state index contributed by atoms with van der Waals surface area (Å²) in [6.45, 7) is 4.59. The molecule has 0 saturated heterocycles. The molecular formula is C15H14BrClO. The third-order valence-corrected chi connectivity index (χ3v) is 3.47. The minimum atomic E-state index is 0.566. The predicted molar refractivity (Wildman–Crippen MR) is 79.4 cm³/mol. The van der Waals surface area contributed by atoms with Crippen LogP contribution in [0.5, 0.6) is 5.75 Å². The molecule has 0 spiro atoms. The summed E-state index contributed by atoms with van der Waals surface area (Å²) in [5.74, 6) is 0.919. The van der Waals surface area contributed by atoms with E-state index in [2.05, 4.69) is 15.9 Å². The average molecular weight is 326 g/mol. The quantitative estimate of drug-likeness (QED) is 0.744. The normalized spacial score (nSPS) is 10.4. The number of benzene rings is 2. The monoisotopic (exact) mass is 324 g/mol. The molecular weight excluding hydrogens is 312 g/mol. The van der Waals surface area contributed by atoms with Gasteiger partial charge in [-0.15, -0.1) is 0 Å². The predicted octanol–water partition coefficient (Wildman–Crippen LogP) is 5.30. The number of halogens is 2. The third-order valence-electron chi connectivity index (χ3n) is 2.72. The van der Waals surface area contributed by atoms with Gasteiger partial charge in [-0.05, 0) is 54.8 Å². The number of ether oxygens (including phenoxy) is 1. The Balaban J connectivity index is 2.13. The zero-order valence-corrected chi connectivity index (χ0v) is 12.7. The molecule has 0 N–H and O–H groups in total. The molecule has 0 atom stereocenters. The van der Waals surface area contributed by atoms with E-state index in [9.17, 15) is 0 Å². The Kier molecular flexibility index (Phi) is 4.31. The molecule has 0 aromatic heterocycles. The molecule has 0 unspecified atom stereocenters. The van der Waals surface area contributed by atoms with E-state index in [0.717, 1.165) is 31.9 Å². The molecule has 18 heavy (non-hydrogen) atoms. The van der Waals surface area contributed by atoms with Crippen molar-refractivity contribution in [2.75, 3.05) is 0 Å². The molecule has 0 heterocycles. The molecule has 0 amide bonds. The highest BCUT2D eigenvalue weighted by Gasteiger charge is 2.06. The zero-order valence-electron chi connectivity index (χ0n) is 10.3. The van der Waals surface area contributed by atoms with Crippen molar-refractivity contribution >= 4 is 27.5 Å². The fraction of sp³-hybridized carbons (Fsp3) is 0.200. The molecule has 1 nitrogen and oxygen atoms in total. The van der Waals surface area contributed by atoms with Gasteiger partial charge in [0.15, 0.2) is 0 Å². The van der Waals surface area contributed by atoms with Crippen molar-refractivity contribution in [3.05, 3.63) is 62.6 Å². The lowest BCUT2D eigenvalue weighted by atomic mass is 10.1. The Morgan fingerprint density at radius 2 is 1.61 bits per heavy atom. The molecule has 3 heteroatoms. The van der Waals surface area contributed by atoms with Crippen molar-refractivity contribution in [1.82, 2.24) is 0 Å². The molecule has 0 saturated carbocycles. The molecule has 0 bridgehead atoms. The fourth-order valence-corrected chi connectivity index (χ4v) is 2.45. The van der Waals surface area contributed by atoms with E-state index in [1.807, 2.05) is 50.2 Å². The SMILES string of the molecule is Cc1cc(Cl)cc(C)c1OCc1ccc(Br)cc1. The van der Waals surface area contributed by atoms with Gasteiger partial charge in [0.1, 0.15) is 12.4 Å². The smallest absolute Gasteiger partial charge is 0.125 e. The maximum Gasteiger partial charge on any atom is 0.125 e. The second-order valence-electron chi connectivity index (χ2n) is 4.28. The summed E-state index contributed by atoms with van der Waals surface area (Å²) in [5, 5.41) is 0.751. The highest BCUT2D eigenvalue weighted by molar-refractivity contribution is 9.10. The van der Waals surface area contributed by atoms with Crippen LogP contribution in [-0.2, 0) is 6.61 Å². The van der Waals surface area contributed by atoms with E-state index in [0.29, 0.717) is 6.61 Å². The molecule has 0 aliphatic rings. The summed E-state index contributed by atoms with van der Waals surface area (Å²) >= 11 is 9.41. The van der Waals surface area contributed by atoms with Gasteiger partial charge in [0.2, 0.25) is 0 Å². The van der Waals surface area contributed by atoms with Crippen LogP contribution in [0.3, 0.4) is 0 Å². The van der Waals surface area contributed by atoms with Gasteiger partial charge in [-0.3, -0.25) is 0 Å². The first-order chi connectivity index (χ1) is 8.56. The molecule has 2 rings (SSSR count). The number of hydrogen-bond donors (Lipinski definition) is 0. The maximum absolute atomic E-state index is 6.00. The fourth-order valence-electron chi connectivity index (χ4n) is 1.86. The van der Waals surface area contributed by atoms with Gasteiger partial charge >= 0.3 is 0 Å². The number of hydrogen-bond acceptors (Lipinski definition) is 1. The second-order valence-corrected chi connectivity index (χ2v) is 5.64. The highest BCUT2D eigenvalue weighted by atomic mass is 79.9. The molecule has 0 radical (unpaired) electrons. The van der Waals surface area contributed by atoms with E-state index in [1.54, 1.807) is 0 Å². The van der Waals surface area contributed by atoms with E-state index >= 15 is 0 Å². The topological polar surface area (TPSA) is 9.23 Å². The van der Waals surface area contributed by atoms with Gasteiger partial charge in [0.25, 0.3) is 0 Å². The summed E-state index contributed by atoms with van der Waals surface area (Å²) < 4.78 is 6.95. The van der Waals surface area contributed by atoms with Gasteiger partial charge in [-0.2, -0.15) is 0 Å². The van der Waals surface area contributed by atoms with Crippen molar-refractivity contribution in [3.63, 3.8) is 0 Å². The largest absolute Gasteiger partial charge is 0.488 e. The molecule has 2 aromatic rings. The lowest BCUT2D eigenvalue weighted by Gasteiger charge is -2.12. The van der Waals surface area contributed by atoms with Crippen LogP contribution in [0.1, 0.15) is 16.7 Å². The zero-order chi connectivity index (χ0) is 13.1. The van der Waals surface area contributed by atoms with E-state index in [4.69, 9.17) is 16.3 Å². The highest BCUT2D eigenvalue weighted by Crippen LogP contribution is 2.27. The van der Waals surface area contributed by atoms with Crippen molar-refractivity contribution in [1.29, 1.82) is 0 Å². The Morgan fingerprint density at radius 1 is 1.06 bits per heavy atom. The number of rotatable bonds is 3. The number of aryl methyl sites for hydroxylation is 2. The van der Waals surface area contributed by atoms with Gasteiger partial charge < -0.3 is 4.74 Å². The maximum atomic E-state index is 6.00. The Labute approximate surface area is 121 Å². The summed E-state index contributed by atoms with van der Waals surface area (Å²) in [6.07, 6.45) is 0. The molecule has 2 aromatic carbocycles. The van der Waals surface area contributed by atoms with Crippen molar-refractivity contribution in [3.8, 4) is 5.75 Å². The van der Waals surface area contributed by atoms with Crippen molar-refractivity contribution in [2.45, 2.75) is 20.5 Å². The van der Waals surface area contributed by atoms with E-state index in [1.165, 1.54) is 0 Å². The summed E-state index contributed by atoms with van der Waals surface area (Å²) in [6, 6.07) is 12.0. The van der Waals surface area contributed by atoms with E-state index in [-0.39, 0.29) is 0 Å². The Bertz CT molecular complexity index is 526. The average Bonchev–Trinajstić information content (AvgIpc) is 2.30.